The number of likely N-dealkylation sites (N-methyl/N-ethyl adjacent to an activating group) is 1. The molecule has 146 valence electrons. The molecular formula is C20H18ClFN2O3S. The lowest BCUT2D eigenvalue weighted by molar-refractivity contribution is -0.121. The molecule has 1 aliphatic heterocycles. The van der Waals surface area contributed by atoms with Gasteiger partial charge in [0.15, 0.2) is 16.7 Å². The molecule has 28 heavy (non-hydrogen) atoms. The van der Waals surface area contributed by atoms with Gasteiger partial charge in [-0.2, -0.15) is 0 Å². The Labute approximate surface area is 171 Å². The van der Waals surface area contributed by atoms with Crippen LogP contribution in [0.4, 0.5) is 4.39 Å². The lowest BCUT2D eigenvalue weighted by Crippen LogP contribution is -2.23. The van der Waals surface area contributed by atoms with Crippen LogP contribution in [0.1, 0.15) is 11.1 Å². The summed E-state index contributed by atoms with van der Waals surface area (Å²) in [5, 5.41) is 0.982. The lowest BCUT2D eigenvalue weighted by atomic mass is 10.1. The zero-order valence-electron chi connectivity index (χ0n) is 15.5. The van der Waals surface area contributed by atoms with Gasteiger partial charge in [-0.1, -0.05) is 23.7 Å². The normalized spacial score (nSPS) is 16.9. The molecule has 1 amide bonds. The van der Waals surface area contributed by atoms with Crippen LogP contribution < -0.4 is 9.47 Å². The highest BCUT2D eigenvalue weighted by Gasteiger charge is 2.29. The average molecular weight is 421 g/mol. The van der Waals surface area contributed by atoms with Gasteiger partial charge in [0.05, 0.1) is 17.0 Å². The van der Waals surface area contributed by atoms with Gasteiger partial charge in [0.25, 0.3) is 5.91 Å². The molecule has 1 aliphatic rings. The van der Waals surface area contributed by atoms with Gasteiger partial charge >= 0.3 is 0 Å². The van der Waals surface area contributed by atoms with E-state index in [1.807, 2.05) is 0 Å². The van der Waals surface area contributed by atoms with Crippen molar-refractivity contribution in [3.05, 3.63) is 63.3 Å². The van der Waals surface area contributed by atoms with Gasteiger partial charge in [0, 0.05) is 14.1 Å². The van der Waals surface area contributed by atoms with Crippen molar-refractivity contribution in [2.45, 2.75) is 6.61 Å². The van der Waals surface area contributed by atoms with Crippen molar-refractivity contribution >= 4 is 40.5 Å². The first-order valence-corrected chi connectivity index (χ1v) is 9.51. The number of nitrogens with zero attached hydrogens (tertiary/aromatic N) is 2. The van der Waals surface area contributed by atoms with E-state index in [-0.39, 0.29) is 18.3 Å². The quantitative estimate of drug-likeness (QED) is 0.663. The number of thioether (sulfide) groups is 1. The van der Waals surface area contributed by atoms with E-state index in [1.54, 1.807) is 44.4 Å². The van der Waals surface area contributed by atoms with Crippen LogP contribution in [0.5, 0.6) is 11.5 Å². The summed E-state index contributed by atoms with van der Waals surface area (Å²) in [4.78, 5) is 18.4. The molecule has 0 N–H and O–H groups in total. The number of benzene rings is 2. The molecule has 1 saturated heterocycles. The molecule has 2 aromatic carbocycles. The smallest absolute Gasteiger partial charge is 0.266 e. The summed E-state index contributed by atoms with van der Waals surface area (Å²) < 4.78 is 24.2. The van der Waals surface area contributed by atoms with Gasteiger partial charge < -0.3 is 9.47 Å². The lowest BCUT2D eigenvalue weighted by Gasteiger charge is -2.13. The number of aliphatic imine (C=N–C) groups is 1. The number of methoxy groups -OCH3 is 1. The molecule has 0 spiro atoms. The van der Waals surface area contributed by atoms with Gasteiger partial charge in [-0.05, 0) is 53.2 Å². The van der Waals surface area contributed by atoms with Crippen molar-refractivity contribution in [2.75, 3.05) is 21.2 Å². The topological polar surface area (TPSA) is 51.1 Å². The van der Waals surface area contributed by atoms with Gasteiger partial charge in [0.2, 0.25) is 0 Å². The summed E-state index contributed by atoms with van der Waals surface area (Å²) in [5.74, 6) is 0.388. The molecule has 1 heterocycles. The van der Waals surface area contributed by atoms with Gasteiger partial charge in [-0.3, -0.25) is 14.7 Å². The van der Waals surface area contributed by atoms with Crippen LogP contribution in [0.15, 0.2) is 46.3 Å². The zero-order chi connectivity index (χ0) is 20.3. The standard InChI is InChI=1S/C20H18ClFN2O3S/c1-23-20-24(2)19(25)17(28-20)10-13-8-15(21)18(16(9-13)26-3)27-11-12-4-6-14(22)7-5-12/h4-10H,11H2,1-3H3/b17-10+,23-20?. The average Bonchev–Trinajstić information content (AvgIpc) is 2.96. The molecule has 0 unspecified atom stereocenters. The van der Waals surface area contributed by atoms with E-state index >= 15 is 0 Å². The number of hydrogen-bond donors (Lipinski definition) is 0. The number of carbonyl (C=O) groups is 1. The van der Waals surface area contributed by atoms with Crippen LogP contribution in [0.25, 0.3) is 6.08 Å². The highest BCUT2D eigenvalue weighted by molar-refractivity contribution is 8.18. The SMILES string of the molecule is CN=C1S/C(=C/c2cc(Cl)c(OCc3ccc(F)cc3)c(OC)c2)C(=O)N1C. The number of ether oxygens (including phenoxy) is 2. The van der Waals surface area contributed by atoms with E-state index < -0.39 is 0 Å². The summed E-state index contributed by atoms with van der Waals surface area (Å²) >= 11 is 7.69. The van der Waals surface area contributed by atoms with Gasteiger partial charge in [-0.25, -0.2) is 4.39 Å². The fourth-order valence-electron chi connectivity index (χ4n) is 2.60. The molecule has 5 nitrogen and oxygen atoms in total. The third kappa shape index (κ3) is 4.31. The second-order valence-corrected chi connectivity index (χ2v) is 7.35. The minimum Gasteiger partial charge on any atom is -0.493 e. The Balaban J connectivity index is 1.84. The first-order chi connectivity index (χ1) is 13.4. The van der Waals surface area contributed by atoms with E-state index in [0.29, 0.717) is 32.2 Å². The summed E-state index contributed by atoms with van der Waals surface area (Å²) in [6.45, 7) is 0.215. The molecule has 0 aromatic heterocycles. The predicted octanol–water partition coefficient (Wildman–Crippen LogP) is 4.60. The van der Waals surface area contributed by atoms with E-state index in [0.717, 1.165) is 5.56 Å². The Morgan fingerprint density at radius 3 is 2.61 bits per heavy atom. The van der Waals surface area contributed by atoms with Crippen LogP contribution in [-0.4, -0.2) is 37.2 Å². The Morgan fingerprint density at radius 2 is 2.00 bits per heavy atom. The van der Waals surface area contributed by atoms with Crippen molar-refractivity contribution in [2.24, 2.45) is 4.99 Å². The highest BCUT2D eigenvalue weighted by atomic mass is 35.5. The van der Waals surface area contributed by atoms with Gasteiger partial charge in [-0.15, -0.1) is 0 Å². The Hall–Kier alpha value is -2.51. The Kier molecular flexibility index (Phi) is 6.26. The molecule has 0 atom stereocenters. The number of hydrogen-bond acceptors (Lipinski definition) is 5. The van der Waals surface area contributed by atoms with E-state index in [4.69, 9.17) is 21.1 Å². The molecule has 1 fully saturated rings. The van der Waals surface area contributed by atoms with Crippen molar-refractivity contribution < 1.29 is 18.7 Å². The second kappa shape index (κ2) is 8.67. The van der Waals surface area contributed by atoms with Crippen molar-refractivity contribution in [1.82, 2.24) is 4.90 Å². The maximum Gasteiger partial charge on any atom is 0.266 e. The molecule has 0 aliphatic carbocycles. The highest BCUT2D eigenvalue weighted by Crippen LogP contribution is 2.39. The maximum absolute atomic E-state index is 13.0. The fraction of sp³-hybridized carbons (Fsp3) is 0.200. The van der Waals surface area contributed by atoms with E-state index in [2.05, 4.69) is 4.99 Å². The number of halogens is 2. The fourth-order valence-corrected chi connectivity index (χ4v) is 3.80. The van der Waals surface area contributed by atoms with Gasteiger partial charge in [0.1, 0.15) is 12.4 Å². The number of rotatable bonds is 5. The van der Waals surface area contributed by atoms with E-state index in [1.165, 1.54) is 35.9 Å². The summed E-state index contributed by atoms with van der Waals surface area (Å²) in [6.07, 6.45) is 1.74. The van der Waals surface area contributed by atoms with Crippen LogP contribution in [0.3, 0.4) is 0 Å². The largest absolute Gasteiger partial charge is 0.493 e. The third-order valence-corrected chi connectivity index (χ3v) is 5.47. The van der Waals surface area contributed by atoms with Crippen LogP contribution in [0.2, 0.25) is 5.02 Å². The minimum absolute atomic E-state index is 0.127. The first-order valence-electron chi connectivity index (χ1n) is 8.32. The molecule has 3 rings (SSSR count). The summed E-state index contributed by atoms with van der Waals surface area (Å²) in [6, 6.07) is 9.46. The second-order valence-electron chi connectivity index (χ2n) is 5.93. The number of amides is 1. The number of carbonyl (C=O) groups excluding carboxylic acids is 1. The van der Waals surface area contributed by atoms with Crippen molar-refractivity contribution in [1.29, 1.82) is 0 Å². The van der Waals surface area contributed by atoms with Crippen LogP contribution in [0, 0.1) is 5.82 Å². The van der Waals surface area contributed by atoms with Crippen molar-refractivity contribution in [3.63, 3.8) is 0 Å². The summed E-state index contributed by atoms with van der Waals surface area (Å²) in [7, 11) is 4.83. The Bertz CT molecular complexity index is 961. The molecule has 0 bridgehead atoms. The van der Waals surface area contributed by atoms with E-state index in [9.17, 15) is 9.18 Å². The van der Waals surface area contributed by atoms with Crippen LogP contribution >= 0.6 is 23.4 Å². The zero-order valence-corrected chi connectivity index (χ0v) is 17.1. The minimum atomic E-state index is -0.307. The molecule has 0 saturated carbocycles. The maximum atomic E-state index is 13.0. The molecule has 8 heteroatoms. The van der Waals surface area contributed by atoms with Crippen LogP contribution in [-0.2, 0) is 11.4 Å². The monoisotopic (exact) mass is 420 g/mol. The third-order valence-electron chi connectivity index (χ3n) is 4.04. The molecular weight excluding hydrogens is 403 g/mol. The molecule has 0 radical (unpaired) electrons. The summed E-state index contributed by atoms with van der Waals surface area (Å²) in [5.41, 5.74) is 1.51. The first kappa shape index (κ1) is 20.2. The Morgan fingerprint density at radius 1 is 1.29 bits per heavy atom. The van der Waals surface area contributed by atoms with Crippen molar-refractivity contribution in [3.8, 4) is 11.5 Å². The molecule has 2 aromatic rings. The predicted molar refractivity (Wildman–Crippen MR) is 110 cm³/mol. The number of amidine groups is 1.